The van der Waals surface area contributed by atoms with E-state index in [1.807, 2.05) is 37.3 Å². The smallest absolute Gasteiger partial charge is 0.261 e. The number of nitrogens with zero attached hydrogens (tertiary/aromatic N) is 1. The van der Waals surface area contributed by atoms with Crippen molar-refractivity contribution in [1.82, 2.24) is 5.32 Å². The van der Waals surface area contributed by atoms with Crippen LogP contribution in [0.15, 0.2) is 54.6 Å². The summed E-state index contributed by atoms with van der Waals surface area (Å²) in [7, 11) is 0. The first-order valence-electron chi connectivity index (χ1n) is 9.59. The van der Waals surface area contributed by atoms with Crippen molar-refractivity contribution in [2.75, 3.05) is 18.0 Å². The Balaban J connectivity index is 1.51. The molecule has 1 heterocycles. The number of para-hydroxylation sites is 1. The lowest BCUT2D eigenvalue weighted by atomic mass is 10.1. The predicted octanol–water partition coefficient (Wildman–Crippen LogP) is 4.15. The van der Waals surface area contributed by atoms with Crippen LogP contribution in [0.2, 0.25) is 0 Å². The van der Waals surface area contributed by atoms with Crippen molar-refractivity contribution in [3.8, 4) is 5.75 Å². The van der Waals surface area contributed by atoms with Crippen LogP contribution < -0.4 is 15.0 Å². The van der Waals surface area contributed by atoms with Gasteiger partial charge in [-0.2, -0.15) is 0 Å². The van der Waals surface area contributed by atoms with Gasteiger partial charge < -0.3 is 15.0 Å². The molecule has 1 atom stereocenters. The lowest BCUT2D eigenvalue weighted by Gasteiger charge is -2.28. The van der Waals surface area contributed by atoms with Crippen LogP contribution in [0.1, 0.15) is 38.2 Å². The first-order valence-corrected chi connectivity index (χ1v) is 9.59. The maximum atomic E-state index is 12.4. The van der Waals surface area contributed by atoms with E-state index in [-0.39, 0.29) is 5.91 Å². The molecule has 1 aliphatic heterocycles. The third kappa shape index (κ3) is 5.01. The number of carbonyl (C=O) groups excluding carboxylic acids is 1. The summed E-state index contributed by atoms with van der Waals surface area (Å²) in [5.41, 5.74) is 2.38. The quantitative estimate of drug-likeness (QED) is 0.814. The Morgan fingerprint density at radius 2 is 1.73 bits per heavy atom. The molecule has 4 nitrogen and oxygen atoms in total. The van der Waals surface area contributed by atoms with Gasteiger partial charge in [0.1, 0.15) is 5.75 Å². The Bertz CT molecular complexity index is 679. The summed E-state index contributed by atoms with van der Waals surface area (Å²) < 4.78 is 5.79. The normalized spacial score (nSPS) is 15.3. The minimum absolute atomic E-state index is 0.0727. The largest absolute Gasteiger partial charge is 0.481 e. The molecule has 1 amide bonds. The molecule has 0 radical (unpaired) electrons. The summed E-state index contributed by atoms with van der Waals surface area (Å²) in [6.45, 7) is 4.77. The molecule has 26 heavy (non-hydrogen) atoms. The molecule has 2 aromatic rings. The van der Waals surface area contributed by atoms with E-state index in [9.17, 15) is 4.79 Å². The zero-order valence-corrected chi connectivity index (χ0v) is 15.5. The second-order valence-electron chi connectivity index (χ2n) is 6.76. The Kier molecular flexibility index (Phi) is 6.53. The van der Waals surface area contributed by atoms with Crippen molar-refractivity contribution in [2.45, 2.75) is 45.3 Å². The number of hydrogen-bond acceptors (Lipinski definition) is 3. The van der Waals surface area contributed by atoms with E-state index < -0.39 is 6.10 Å². The number of hydrogen-bond donors (Lipinski definition) is 1. The molecule has 1 aliphatic rings. The minimum Gasteiger partial charge on any atom is -0.481 e. The van der Waals surface area contributed by atoms with E-state index >= 15 is 0 Å². The maximum Gasteiger partial charge on any atom is 0.261 e. The van der Waals surface area contributed by atoms with Crippen LogP contribution in [0.3, 0.4) is 0 Å². The van der Waals surface area contributed by atoms with Crippen LogP contribution in [-0.2, 0) is 11.3 Å². The number of piperidine rings is 1. The van der Waals surface area contributed by atoms with Crippen molar-refractivity contribution in [3.63, 3.8) is 0 Å². The fourth-order valence-electron chi connectivity index (χ4n) is 3.27. The highest BCUT2D eigenvalue weighted by Gasteiger charge is 2.18. The summed E-state index contributed by atoms with van der Waals surface area (Å²) in [4.78, 5) is 14.9. The lowest BCUT2D eigenvalue weighted by molar-refractivity contribution is -0.128. The average molecular weight is 352 g/mol. The van der Waals surface area contributed by atoms with Gasteiger partial charge in [-0.1, -0.05) is 37.3 Å². The monoisotopic (exact) mass is 352 g/mol. The number of nitrogens with one attached hydrogen (secondary N) is 1. The van der Waals surface area contributed by atoms with Crippen LogP contribution in [0.5, 0.6) is 5.75 Å². The first kappa shape index (κ1) is 18.3. The fourth-order valence-corrected chi connectivity index (χ4v) is 3.27. The molecule has 138 valence electrons. The number of benzene rings is 2. The second-order valence-corrected chi connectivity index (χ2v) is 6.76. The minimum atomic E-state index is -0.468. The van der Waals surface area contributed by atoms with Crippen LogP contribution in [0.4, 0.5) is 5.69 Å². The van der Waals surface area contributed by atoms with Crippen molar-refractivity contribution in [1.29, 1.82) is 0 Å². The van der Waals surface area contributed by atoms with Crippen LogP contribution in [0, 0.1) is 0 Å². The Labute approximate surface area is 156 Å². The van der Waals surface area contributed by atoms with Gasteiger partial charge in [0.15, 0.2) is 6.10 Å². The third-order valence-corrected chi connectivity index (χ3v) is 4.81. The number of carbonyl (C=O) groups is 1. The molecule has 4 heteroatoms. The Hall–Kier alpha value is -2.49. The van der Waals surface area contributed by atoms with Gasteiger partial charge in [0.2, 0.25) is 0 Å². The molecule has 1 N–H and O–H groups in total. The van der Waals surface area contributed by atoms with E-state index in [0.29, 0.717) is 13.0 Å². The molecule has 0 saturated carbocycles. The number of rotatable bonds is 7. The van der Waals surface area contributed by atoms with Gasteiger partial charge in [-0.15, -0.1) is 0 Å². The molecule has 2 aromatic carbocycles. The molecule has 1 fully saturated rings. The van der Waals surface area contributed by atoms with Crippen molar-refractivity contribution < 1.29 is 9.53 Å². The van der Waals surface area contributed by atoms with Gasteiger partial charge in [-0.05, 0) is 55.5 Å². The van der Waals surface area contributed by atoms with E-state index in [1.165, 1.54) is 24.9 Å². The number of anilines is 1. The second kappa shape index (κ2) is 9.27. The molecule has 0 bridgehead atoms. The van der Waals surface area contributed by atoms with Gasteiger partial charge in [-0.3, -0.25) is 4.79 Å². The summed E-state index contributed by atoms with van der Waals surface area (Å²) in [5, 5.41) is 2.99. The van der Waals surface area contributed by atoms with E-state index in [1.54, 1.807) is 0 Å². The van der Waals surface area contributed by atoms with Crippen LogP contribution in [-0.4, -0.2) is 25.1 Å². The maximum absolute atomic E-state index is 12.4. The molecule has 0 unspecified atom stereocenters. The van der Waals surface area contributed by atoms with Gasteiger partial charge in [0.05, 0.1) is 0 Å². The summed E-state index contributed by atoms with van der Waals surface area (Å²) in [5.74, 6) is 0.650. The number of ether oxygens (including phenoxy) is 1. The summed E-state index contributed by atoms with van der Waals surface area (Å²) in [6, 6.07) is 18.0. The topological polar surface area (TPSA) is 41.6 Å². The molecular weight excluding hydrogens is 324 g/mol. The van der Waals surface area contributed by atoms with E-state index in [0.717, 1.165) is 24.4 Å². The molecule has 0 aromatic heterocycles. The van der Waals surface area contributed by atoms with Crippen LogP contribution in [0.25, 0.3) is 0 Å². The van der Waals surface area contributed by atoms with Gasteiger partial charge in [0, 0.05) is 25.3 Å². The molecule has 0 spiro atoms. The van der Waals surface area contributed by atoms with Gasteiger partial charge in [-0.25, -0.2) is 0 Å². The van der Waals surface area contributed by atoms with Crippen molar-refractivity contribution in [2.24, 2.45) is 0 Å². The first-order chi connectivity index (χ1) is 12.8. The SMILES string of the molecule is CC[C@@H](Oc1ccccc1)C(=O)NCc1ccc(N2CCCCC2)cc1. The van der Waals surface area contributed by atoms with Crippen molar-refractivity contribution >= 4 is 11.6 Å². The van der Waals surface area contributed by atoms with E-state index in [4.69, 9.17) is 4.74 Å². The molecule has 1 saturated heterocycles. The van der Waals surface area contributed by atoms with Gasteiger partial charge >= 0.3 is 0 Å². The highest BCUT2D eigenvalue weighted by atomic mass is 16.5. The van der Waals surface area contributed by atoms with Crippen LogP contribution >= 0.6 is 0 Å². The molecular formula is C22H28N2O2. The van der Waals surface area contributed by atoms with E-state index in [2.05, 4.69) is 34.5 Å². The van der Waals surface area contributed by atoms with Crippen molar-refractivity contribution in [3.05, 3.63) is 60.2 Å². The standard InChI is InChI=1S/C22H28N2O2/c1-2-21(26-20-9-5-3-6-10-20)22(25)23-17-18-11-13-19(14-12-18)24-15-7-4-8-16-24/h3,5-6,9-14,21H,2,4,7-8,15-17H2,1H3,(H,23,25)/t21-/m1/s1. The Morgan fingerprint density at radius 1 is 1.04 bits per heavy atom. The molecule has 3 rings (SSSR count). The summed E-state index contributed by atoms with van der Waals surface area (Å²) >= 11 is 0. The highest BCUT2D eigenvalue weighted by molar-refractivity contribution is 5.81. The highest BCUT2D eigenvalue weighted by Crippen LogP contribution is 2.20. The fraction of sp³-hybridized carbons (Fsp3) is 0.409. The Morgan fingerprint density at radius 3 is 2.38 bits per heavy atom. The lowest BCUT2D eigenvalue weighted by Crippen LogP contribution is -2.37. The molecule has 0 aliphatic carbocycles. The zero-order chi connectivity index (χ0) is 18.2. The predicted molar refractivity (Wildman–Crippen MR) is 106 cm³/mol. The summed E-state index contributed by atoms with van der Waals surface area (Å²) in [6.07, 6.45) is 4.05. The average Bonchev–Trinajstić information content (AvgIpc) is 2.72. The zero-order valence-electron chi connectivity index (χ0n) is 15.5. The number of amides is 1. The van der Waals surface area contributed by atoms with Gasteiger partial charge in [0.25, 0.3) is 5.91 Å². The third-order valence-electron chi connectivity index (χ3n) is 4.81.